The zero-order valence-corrected chi connectivity index (χ0v) is 16.2. The van der Waals surface area contributed by atoms with Gasteiger partial charge in [-0.3, -0.25) is 4.79 Å². The van der Waals surface area contributed by atoms with E-state index in [1.807, 2.05) is 32.0 Å². The number of rotatable bonds is 5. The highest BCUT2D eigenvalue weighted by Gasteiger charge is 2.11. The van der Waals surface area contributed by atoms with E-state index in [9.17, 15) is 4.79 Å². The van der Waals surface area contributed by atoms with Crippen molar-refractivity contribution in [3.63, 3.8) is 0 Å². The summed E-state index contributed by atoms with van der Waals surface area (Å²) in [7, 11) is 0. The zero-order chi connectivity index (χ0) is 18.7. The summed E-state index contributed by atoms with van der Waals surface area (Å²) < 4.78 is 5.78. The van der Waals surface area contributed by atoms with Crippen LogP contribution in [-0.4, -0.2) is 16.6 Å². The van der Waals surface area contributed by atoms with Crippen LogP contribution in [-0.2, 0) is 4.79 Å². The second-order valence-electron chi connectivity index (χ2n) is 6.50. The summed E-state index contributed by atoms with van der Waals surface area (Å²) in [4.78, 5) is 16.4. The van der Waals surface area contributed by atoms with E-state index in [0.717, 1.165) is 22.4 Å². The van der Waals surface area contributed by atoms with Gasteiger partial charge < -0.3 is 9.73 Å². The number of anilines is 1. The van der Waals surface area contributed by atoms with Crippen LogP contribution in [0.4, 0.5) is 5.69 Å². The predicted octanol–water partition coefficient (Wildman–Crippen LogP) is 5.31. The van der Waals surface area contributed by atoms with Crippen LogP contribution >= 0.6 is 11.8 Å². The van der Waals surface area contributed by atoms with Gasteiger partial charge in [0.1, 0.15) is 0 Å². The molecule has 0 fully saturated rings. The van der Waals surface area contributed by atoms with E-state index in [4.69, 9.17) is 4.42 Å². The van der Waals surface area contributed by atoms with Gasteiger partial charge in [-0.05, 0) is 68.1 Å². The number of aryl methyl sites for hydroxylation is 4. The highest BCUT2D eigenvalue weighted by atomic mass is 32.2. The summed E-state index contributed by atoms with van der Waals surface area (Å²) in [6, 6.07) is 12.2. The Hall–Kier alpha value is -2.53. The number of hydrogen-bond donors (Lipinski definition) is 1. The summed E-state index contributed by atoms with van der Waals surface area (Å²) >= 11 is 1.29. The fourth-order valence-electron chi connectivity index (χ4n) is 2.72. The molecule has 1 amide bonds. The molecule has 0 saturated carbocycles. The van der Waals surface area contributed by atoms with Gasteiger partial charge in [-0.15, -0.1) is 0 Å². The van der Waals surface area contributed by atoms with Crippen LogP contribution < -0.4 is 5.32 Å². The minimum Gasteiger partial charge on any atom is -0.431 e. The Kier molecular flexibility index (Phi) is 5.47. The molecule has 1 heterocycles. The van der Waals surface area contributed by atoms with Crippen molar-refractivity contribution in [3.05, 3.63) is 64.8 Å². The molecule has 0 saturated heterocycles. The van der Waals surface area contributed by atoms with Crippen molar-refractivity contribution >= 4 is 23.4 Å². The molecule has 0 bridgehead atoms. The normalized spacial score (nSPS) is 10.8. The molecule has 26 heavy (non-hydrogen) atoms. The average molecular weight is 366 g/mol. The monoisotopic (exact) mass is 366 g/mol. The Morgan fingerprint density at radius 3 is 2.46 bits per heavy atom. The molecule has 0 radical (unpaired) electrons. The summed E-state index contributed by atoms with van der Waals surface area (Å²) in [5.74, 6) is 0.885. The number of nitrogens with zero attached hydrogens (tertiary/aromatic N) is 1. The maximum atomic E-state index is 12.2. The van der Waals surface area contributed by atoms with Crippen LogP contribution in [0.1, 0.15) is 22.3 Å². The Morgan fingerprint density at radius 2 is 1.77 bits per heavy atom. The van der Waals surface area contributed by atoms with Crippen molar-refractivity contribution in [2.75, 3.05) is 11.1 Å². The van der Waals surface area contributed by atoms with E-state index >= 15 is 0 Å². The Labute approximate surface area is 158 Å². The number of hydrogen-bond acceptors (Lipinski definition) is 4. The molecule has 3 rings (SSSR count). The smallest absolute Gasteiger partial charge is 0.256 e. The number of amides is 1. The van der Waals surface area contributed by atoms with Gasteiger partial charge in [-0.1, -0.05) is 30.0 Å². The lowest BCUT2D eigenvalue weighted by Gasteiger charge is -2.06. The maximum Gasteiger partial charge on any atom is 0.256 e. The molecule has 5 heteroatoms. The number of carbonyl (C=O) groups excluding carboxylic acids is 1. The van der Waals surface area contributed by atoms with Gasteiger partial charge in [0.15, 0.2) is 5.76 Å². The molecule has 134 valence electrons. The van der Waals surface area contributed by atoms with Crippen molar-refractivity contribution in [2.24, 2.45) is 0 Å². The number of thioether (sulfide) groups is 1. The molecule has 0 atom stereocenters. The lowest BCUT2D eigenvalue weighted by Crippen LogP contribution is -2.14. The lowest BCUT2D eigenvalue weighted by atomic mass is 10.1. The molecule has 2 aromatic carbocycles. The van der Waals surface area contributed by atoms with E-state index in [1.165, 1.54) is 22.9 Å². The van der Waals surface area contributed by atoms with Crippen LogP contribution in [0, 0.1) is 27.7 Å². The van der Waals surface area contributed by atoms with Gasteiger partial charge in [0.25, 0.3) is 5.22 Å². The van der Waals surface area contributed by atoms with E-state index in [-0.39, 0.29) is 11.7 Å². The van der Waals surface area contributed by atoms with Crippen molar-refractivity contribution in [2.45, 2.75) is 32.9 Å². The van der Waals surface area contributed by atoms with Gasteiger partial charge in [0, 0.05) is 11.3 Å². The van der Waals surface area contributed by atoms with Gasteiger partial charge in [-0.25, -0.2) is 4.98 Å². The molecule has 0 aliphatic heterocycles. The Balaban J connectivity index is 1.60. The van der Waals surface area contributed by atoms with Gasteiger partial charge >= 0.3 is 0 Å². The molecule has 4 nitrogen and oxygen atoms in total. The van der Waals surface area contributed by atoms with Crippen LogP contribution in [0.15, 0.2) is 52.2 Å². The first-order valence-corrected chi connectivity index (χ1v) is 9.43. The quantitative estimate of drug-likeness (QED) is 0.622. The van der Waals surface area contributed by atoms with Crippen LogP contribution in [0.3, 0.4) is 0 Å². The lowest BCUT2D eigenvalue weighted by molar-refractivity contribution is -0.113. The van der Waals surface area contributed by atoms with E-state index in [1.54, 1.807) is 6.20 Å². The topological polar surface area (TPSA) is 55.1 Å². The fraction of sp³-hybridized carbons (Fsp3) is 0.238. The largest absolute Gasteiger partial charge is 0.431 e. The first-order chi connectivity index (χ1) is 12.4. The number of aromatic nitrogens is 1. The van der Waals surface area contributed by atoms with Crippen molar-refractivity contribution in [3.8, 4) is 11.3 Å². The average Bonchev–Trinajstić information content (AvgIpc) is 3.03. The van der Waals surface area contributed by atoms with Crippen LogP contribution in [0.5, 0.6) is 0 Å². The first-order valence-electron chi connectivity index (χ1n) is 8.45. The van der Waals surface area contributed by atoms with Crippen LogP contribution in [0.2, 0.25) is 0 Å². The number of nitrogens with one attached hydrogen (secondary N) is 1. The summed E-state index contributed by atoms with van der Waals surface area (Å²) in [6.45, 7) is 8.17. The second kappa shape index (κ2) is 7.79. The number of benzene rings is 2. The third-order valence-corrected chi connectivity index (χ3v) is 4.95. The molecule has 1 aromatic heterocycles. The third kappa shape index (κ3) is 4.55. The van der Waals surface area contributed by atoms with E-state index in [0.29, 0.717) is 11.0 Å². The Bertz CT molecular complexity index is 927. The SMILES string of the molecule is Cc1cc(C)cc(NC(=O)CSc2ncc(-c3ccc(C)c(C)c3)o2)c1. The summed E-state index contributed by atoms with van der Waals surface area (Å²) in [5, 5.41) is 3.41. The number of oxazole rings is 1. The molecule has 0 aliphatic carbocycles. The number of carbonyl (C=O) groups is 1. The summed E-state index contributed by atoms with van der Waals surface area (Å²) in [6.07, 6.45) is 1.70. The predicted molar refractivity (Wildman–Crippen MR) is 107 cm³/mol. The maximum absolute atomic E-state index is 12.2. The standard InChI is InChI=1S/C21H22N2O2S/c1-13-7-14(2)9-18(8-13)23-20(24)12-26-21-22-11-19(25-21)17-6-5-15(3)16(4)10-17/h5-11H,12H2,1-4H3,(H,23,24). The third-order valence-electron chi connectivity index (χ3n) is 4.11. The van der Waals surface area contributed by atoms with Gasteiger partial charge in [0.2, 0.25) is 5.91 Å². The molecule has 1 N–H and O–H groups in total. The zero-order valence-electron chi connectivity index (χ0n) is 15.4. The molecule has 0 spiro atoms. The molecule has 0 aliphatic rings. The molecule has 0 unspecified atom stereocenters. The highest BCUT2D eigenvalue weighted by Crippen LogP contribution is 2.27. The highest BCUT2D eigenvalue weighted by molar-refractivity contribution is 7.99. The molecular weight excluding hydrogens is 344 g/mol. The minimum absolute atomic E-state index is 0.0778. The van der Waals surface area contributed by atoms with Crippen molar-refractivity contribution in [1.82, 2.24) is 4.98 Å². The van der Waals surface area contributed by atoms with Gasteiger partial charge in [0.05, 0.1) is 11.9 Å². The van der Waals surface area contributed by atoms with Crippen LogP contribution in [0.25, 0.3) is 11.3 Å². The second-order valence-corrected chi connectivity index (χ2v) is 7.43. The van der Waals surface area contributed by atoms with Gasteiger partial charge in [-0.2, -0.15) is 0 Å². The molecular formula is C21H22N2O2S. The fourth-order valence-corrected chi connectivity index (χ4v) is 3.33. The van der Waals surface area contributed by atoms with E-state index in [2.05, 4.69) is 42.3 Å². The van der Waals surface area contributed by atoms with Crippen molar-refractivity contribution in [1.29, 1.82) is 0 Å². The van der Waals surface area contributed by atoms with E-state index < -0.39 is 0 Å². The summed E-state index contributed by atoms with van der Waals surface area (Å²) in [5.41, 5.74) is 6.51. The molecule has 3 aromatic rings. The first kappa shape index (κ1) is 18.3. The van der Waals surface area contributed by atoms with Crippen molar-refractivity contribution < 1.29 is 9.21 Å². The Morgan fingerprint density at radius 1 is 1.04 bits per heavy atom. The minimum atomic E-state index is -0.0778.